The molecular weight excluding hydrogens is 308 g/mol. The number of carbonyl (C=O) groups excluding carboxylic acids is 3. The van der Waals surface area contributed by atoms with E-state index in [0.29, 0.717) is 17.3 Å². The maximum atomic E-state index is 12.5. The average molecular weight is 330 g/mol. The SMILES string of the molecule is C[C@H]1C[C@@H](C(=O)Nc2cccc(C3(C)NC(=O)NC3=O)c2)CCN1. The molecule has 24 heavy (non-hydrogen) atoms. The van der Waals surface area contributed by atoms with Crippen LogP contribution in [0.3, 0.4) is 0 Å². The molecule has 0 saturated carbocycles. The van der Waals surface area contributed by atoms with Crippen molar-refractivity contribution in [2.75, 3.05) is 11.9 Å². The fourth-order valence-electron chi connectivity index (χ4n) is 3.27. The summed E-state index contributed by atoms with van der Waals surface area (Å²) in [5, 5.41) is 11.1. The summed E-state index contributed by atoms with van der Waals surface area (Å²) in [7, 11) is 0. The number of benzene rings is 1. The number of nitrogens with one attached hydrogen (secondary N) is 4. The molecule has 0 aromatic heterocycles. The summed E-state index contributed by atoms with van der Waals surface area (Å²) in [5.41, 5.74) is 0.127. The van der Waals surface area contributed by atoms with Gasteiger partial charge in [-0.15, -0.1) is 0 Å². The summed E-state index contributed by atoms with van der Waals surface area (Å²) in [6, 6.07) is 6.85. The molecule has 0 bridgehead atoms. The van der Waals surface area contributed by atoms with Gasteiger partial charge in [-0.25, -0.2) is 4.79 Å². The maximum absolute atomic E-state index is 12.5. The van der Waals surface area contributed by atoms with E-state index >= 15 is 0 Å². The minimum atomic E-state index is -1.12. The number of urea groups is 1. The van der Waals surface area contributed by atoms with E-state index < -0.39 is 17.5 Å². The number of imide groups is 1. The first-order valence-electron chi connectivity index (χ1n) is 8.17. The second-order valence-electron chi connectivity index (χ2n) is 6.68. The van der Waals surface area contributed by atoms with Crippen LogP contribution in [0, 0.1) is 5.92 Å². The topological polar surface area (TPSA) is 99.3 Å². The number of amides is 4. The van der Waals surface area contributed by atoms with Gasteiger partial charge in [0.15, 0.2) is 0 Å². The van der Waals surface area contributed by atoms with Crippen LogP contribution < -0.4 is 21.3 Å². The Bertz CT molecular complexity index is 690. The molecule has 2 heterocycles. The lowest BCUT2D eigenvalue weighted by atomic mass is 9.91. The maximum Gasteiger partial charge on any atom is 0.322 e. The largest absolute Gasteiger partial charge is 0.326 e. The van der Waals surface area contributed by atoms with Gasteiger partial charge in [0.2, 0.25) is 5.91 Å². The molecule has 3 atom stereocenters. The molecule has 2 fully saturated rings. The molecule has 0 radical (unpaired) electrons. The molecule has 2 saturated heterocycles. The van der Waals surface area contributed by atoms with E-state index in [9.17, 15) is 14.4 Å². The summed E-state index contributed by atoms with van der Waals surface area (Å²) in [6.07, 6.45) is 1.62. The quantitative estimate of drug-likeness (QED) is 0.623. The van der Waals surface area contributed by atoms with Gasteiger partial charge in [0, 0.05) is 17.6 Å². The molecule has 4 N–H and O–H groups in total. The smallest absolute Gasteiger partial charge is 0.322 e. The highest BCUT2D eigenvalue weighted by Crippen LogP contribution is 2.27. The van der Waals surface area contributed by atoms with Crippen molar-refractivity contribution in [2.45, 2.75) is 38.3 Å². The zero-order valence-electron chi connectivity index (χ0n) is 13.8. The Hall–Kier alpha value is -2.41. The summed E-state index contributed by atoms with van der Waals surface area (Å²) >= 11 is 0. The lowest BCUT2D eigenvalue weighted by Gasteiger charge is -2.27. The number of carbonyl (C=O) groups is 3. The summed E-state index contributed by atoms with van der Waals surface area (Å²) < 4.78 is 0. The number of anilines is 1. The van der Waals surface area contributed by atoms with E-state index in [4.69, 9.17) is 0 Å². The number of hydrogen-bond donors (Lipinski definition) is 4. The number of hydrogen-bond acceptors (Lipinski definition) is 4. The van der Waals surface area contributed by atoms with E-state index in [2.05, 4.69) is 28.2 Å². The van der Waals surface area contributed by atoms with Gasteiger partial charge in [0.1, 0.15) is 5.54 Å². The lowest BCUT2D eigenvalue weighted by molar-refractivity contribution is -0.123. The van der Waals surface area contributed by atoms with Crippen molar-refractivity contribution in [3.63, 3.8) is 0 Å². The number of piperidine rings is 1. The average Bonchev–Trinajstić information content (AvgIpc) is 2.81. The third-order valence-corrected chi connectivity index (χ3v) is 4.75. The first kappa shape index (κ1) is 16.4. The fraction of sp³-hybridized carbons (Fsp3) is 0.471. The van der Waals surface area contributed by atoms with Crippen LogP contribution in [-0.2, 0) is 15.1 Å². The Morgan fingerprint density at radius 3 is 2.79 bits per heavy atom. The van der Waals surface area contributed by atoms with E-state index in [1.165, 1.54) is 0 Å². The highest BCUT2D eigenvalue weighted by atomic mass is 16.2. The predicted octanol–water partition coefficient (Wildman–Crippen LogP) is 1.07. The van der Waals surface area contributed by atoms with Crippen LogP contribution in [0.25, 0.3) is 0 Å². The predicted molar refractivity (Wildman–Crippen MR) is 89.3 cm³/mol. The second kappa shape index (κ2) is 6.24. The van der Waals surface area contributed by atoms with Crippen molar-refractivity contribution in [3.8, 4) is 0 Å². The van der Waals surface area contributed by atoms with Crippen molar-refractivity contribution in [1.82, 2.24) is 16.0 Å². The van der Waals surface area contributed by atoms with Crippen molar-refractivity contribution in [2.24, 2.45) is 5.92 Å². The van der Waals surface area contributed by atoms with Gasteiger partial charge in [-0.2, -0.15) is 0 Å². The first-order chi connectivity index (χ1) is 11.4. The zero-order chi connectivity index (χ0) is 17.3. The normalized spacial score (nSPS) is 29.8. The van der Waals surface area contributed by atoms with Gasteiger partial charge < -0.3 is 16.0 Å². The van der Waals surface area contributed by atoms with Crippen LogP contribution in [0.4, 0.5) is 10.5 Å². The van der Waals surface area contributed by atoms with Gasteiger partial charge in [-0.3, -0.25) is 14.9 Å². The molecule has 0 aliphatic carbocycles. The molecule has 7 heteroatoms. The van der Waals surface area contributed by atoms with Crippen LogP contribution >= 0.6 is 0 Å². The van der Waals surface area contributed by atoms with Crippen LogP contribution in [0.2, 0.25) is 0 Å². The third-order valence-electron chi connectivity index (χ3n) is 4.75. The highest BCUT2D eigenvalue weighted by Gasteiger charge is 2.43. The fourth-order valence-corrected chi connectivity index (χ4v) is 3.27. The van der Waals surface area contributed by atoms with Gasteiger partial charge in [-0.1, -0.05) is 12.1 Å². The Morgan fingerprint density at radius 2 is 2.12 bits per heavy atom. The zero-order valence-corrected chi connectivity index (χ0v) is 13.8. The van der Waals surface area contributed by atoms with Crippen LogP contribution in [-0.4, -0.2) is 30.4 Å². The van der Waals surface area contributed by atoms with Crippen molar-refractivity contribution in [1.29, 1.82) is 0 Å². The van der Waals surface area contributed by atoms with Gasteiger partial charge in [0.05, 0.1) is 0 Å². The summed E-state index contributed by atoms with van der Waals surface area (Å²) in [5.74, 6) is -0.427. The van der Waals surface area contributed by atoms with Crippen molar-refractivity contribution in [3.05, 3.63) is 29.8 Å². The Kier molecular flexibility index (Phi) is 4.28. The first-order valence-corrected chi connectivity index (χ1v) is 8.17. The molecular formula is C17H22N4O3. The van der Waals surface area contributed by atoms with E-state index in [1.54, 1.807) is 31.2 Å². The van der Waals surface area contributed by atoms with Crippen molar-refractivity contribution >= 4 is 23.5 Å². The van der Waals surface area contributed by atoms with Crippen LogP contribution in [0.15, 0.2) is 24.3 Å². The molecule has 1 unspecified atom stereocenters. The van der Waals surface area contributed by atoms with Gasteiger partial charge in [0.25, 0.3) is 5.91 Å². The van der Waals surface area contributed by atoms with E-state index in [0.717, 1.165) is 19.4 Å². The Labute approximate surface area is 140 Å². The van der Waals surface area contributed by atoms with Crippen LogP contribution in [0.5, 0.6) is 0 Å². The highest BCUT2D eigenvalue weighted by molar-refractivity contribution is 6.07. The molecule has 0 spiro atoms. The van der Waals surface area contributed by atoms with Crippen LogP contribution in [0.1, 0.15) is 32.3 Å². The monoisotopic (exact) mass is 330 g/mol. The van der Waals surface area contributed by atoms with Crippen molar-refractivity contribution < 1.29 is 14.4 Å². The minimum absolute atomic E-state index is 0.00874. The molecule has 3 rings (SSSR count). The molecule has 1 aromatic carbocycles. The van der Waals surface area contributed by atoms with E-state index in [-0.39, 0.29) is 11.8 Å². The second-order valence-corrected chi connectivity index (χ2v) is 6.68. The Balaban J connectivity index is 1.75. The molecule has 2 aliphatic heterocycles. The Morgan fingerprint density at radius 1 is 1.33 bits per heavy atom. The lowest BCUT2D eigenvalue weighted by Crippen LogP contribution is -2.41. The standard InChI is InChI=1S/C17H22N4O3/c1-10-8-11(6-7-18-10)14(22)19-13-5-3-4-12(9-13)17(2)15(23)20-16(24)21-17/h3-5,9-11,18H,6-8H2,1-2H3,(H,19,22)(H2,20,21,23,24)/t10-,11-,17?/m0/s1. The molecule has 2 aliphatic rings. The molecule has 128 valence electrons. The summed E-state index contributed by atoms with van der Waals surface area (Å²) in [4.78, 5) is 35.9. The molecule has 4 amide bonds. The molecule has 7 nitrogen and oxygen atoms in total. The van der Waals surface area contributed by atoms with Gasteiger partial charge in [-0.05, 0) is 50.9 Å². The molecule has 1 aromatic rings. The van der Waals surface area contributed by atoms with Gasteiger partial charge >= 0.3 is 6.03 Å². The minimum Gasteiger partial charge on any atom is -0.326 e. The summed E-state index contributed by atoms with van der Waals surface area (Å²) in [6.45, 7) is 4.55. The van der Waals surface area contributed by atoms with E-state index in [1.807, 2.05) is 0 Å². The third kappa shape index (κ3) is 3.12. The number of rotatable bonds is 3.